The average Bonchev–Trinajstić information content (AvgIpc) is 2.84. The van der Waals surface area contributed by atoms with Gasteiger partial charge in [0.1, 0.15) is 17.7 Å². The number of Topliss-reactive ketones (excluding diaryl/α,β-unsaturated/α-hetero) is 2. The summed E-state index contributed by atoms with van der Waals surface area (Å²) in [6, 6.07) is 0. The number of esters is 1. The number of ketones is 2. The van der Waals surface area contributed by atoms with Crippen molar-refractivity contribution in [3.8, 4) is 0 Å². The zero-order chi connectivity index (χ0) is 18.0. The molecular weight excluding hydrogens is 316 g/mol. The normalized spacial score (nSPS) is 49.2. The van der Waals surface area contributed by atoms with Gasteiger partial charge in [0.15, 0.2) is 0 Å². The largest absolute Gasteiger partial charge is 0.463 e. The second kappa shape index (κ2) is 5.65. The van der Waals surface area contributed by atoms with E-state index in [4.69, 9.17) is 4.74 Å². The van der Waals surface area contributed by atoms with E-state index in [1.807, 2.05) is 0 Å². The summed E-state index contributed by atoms with van der Waals surface area (Å²) in [5, 5.41) is 0. The molecular formula is C21H30O4. The van der Waals surface area contributed by atoms with E-state index in [0.29, 0.717) is 36.2 Å². The van der Waals surface area contributed by atoms with Gasteiger partial charge in [0, 0.05) is 31.1 Å². The minimum atomic E-state index is -0.255. The van der Waals surface area contributed by atoms with Crippen molar-refractivity contribution in [2.24, 2.45) is 34.5 Å². The molecule has 25 heavy (non-hydrogen) atoms. The number of rotatable bonds is 1. The Bertz CT molecular complexity index is 625. The molecule has 3 unspecified atom stereocenters. The van der Waals surface area contributed by atoms with E-state index in [9.17, 15) is 14.4 Å². The number of carbonyl (C=O) groups is 3. The van der Waals surface area contributed by atoms with Crippen molar-refractivity contribution < 1.29 is 19.1 Å². The highest BCUT2D eigenvalue weighted by molar-refractivity contribution is 5.90. The molecule has 0 radical (unpaired) electrons. The van der Waals surface area contributed by atoms with Crippen molar-refractivity contribution in [3.05, 3.63) is 0 Å². The fraction of sp³-hybridized carbons (Fsp3) is 0.857. The van der Waals surface area contributed by atoms with Crippen LogP contribution >= 0.6 is 0 Å². The molecule has 4 rings (SSSR count). The summed E-state index contributed by atoms with van der Waals surface area (Å²) in [4.78, 5) is 36.9. The van der Waals surface area contributed by atoms with Gasteiger partial charge in [0.05, 0.1) is 0 Å². The SMILES string of the molecule is CC(=O)O[C@H]1CC[C@]2(C)C3CC[C@]4(C)C(=O)CCC4C3C(=O)C[C@H]2C1. The lowest BCUT2D eigenvalue weighted by molar-refractivity contribution is -0.166. The first-order valence-corrected chi connectivity index (χ1v) is 9.99. The van der Waals surface area contributed by atoms with Gasteiger partial charge < -0.3 is 4.74 Å². The molecule has 0 aromatic rings. The van der Waals surface area contributed by atoms with Crippen LogP contribution in [-0.4, -0.2) is 23.6 Å². The van der Waals surface area contributed by atoms with Crippen LogP contribution in [-0.2, 0) is 19.1 Å². The van der Waals surface area contributed by atoms with Crippen molar-refractivity contribution in [1.29, 1.82) is 0 Å². The molecule has 4 nitrogen and oxygen atoms in total. The number of ether oxygens (including phenoxy) is 1. The quantitative estimate of drug-likeness (QED) is 0.679. The fourth-order valence-corrected chi connectivity index (χ4v) is 7.01. The molecule has 0 amide bonds. The molecule has 4 heteroatoms. The molecule has 0 heterocycles. The number of hydrogen-bond donors (Lipinski definition) is 0. The Balaban J connectivity index is 1.60. The van der Waals surface area contributed by atoms with E-state index in [1.54, 1.807) is 0 Å². The van der Waals surface area contributed by atoms with Gasteiger partial charge in [-0.15, -0.1) is 0 Å². The Morgan fingerprint density at radius 1 is 1.08 bits per heavy atom. The average molecular weight is 346 g/mol. The van der Waals surface area contributed by atoms with Crippen LogP contribution in [0.1, 0.15) is 72.1 Å². The number of hydrogen-bond acceptors (Lipinski definition) is 4. The lowest BCUT2D eigenvalue weighted by atomic mass is 9.45. The van der Waals surface area contributed by atoms with Crippen LogP contribution in [0.4, 0.5) is 0 Å². The van der Waals surface area contributed by atoms with Crippen LogP contribution < -0.4 is 0 Å². The standard InChI is InChI=1S/C21H30O4/c1-12(22)25-14-6-8-20(2)13(10-14)11-17(23)19-15-4-5-18(24)21(15,3)9-7-16(19)20/h13-16,19H,4-11H2,1-3H3/t13-,14+,15?,16?,19?,20+,21+/m1/s1. The highest BCUT2D eigenvalue weighted by atomic mass is 16.5. The summed E-state index contributed by atoms with van der Waals surface area (Å²) in [6.07, 6.45) is 6.85. The van der Waals surface area contributed by atoms with Gasteiger partial charge in [-0.2, -0.15) is 0 Å². The van der Waals surface area contributed by atoms with Gasteiger partial charge in [0.2, 0.25) is 0 Å². The van der Waals surface area contributed by atoms with Crippen LogP contribution in [0.5, 0.6) is 0 Å². The van der Waals surface area contributed by atoms with Gasteiger partial charge in [-0.3, -0.25) is 14.4 Å². The first-order chi connectivity index (χ1) is 11.8. The molecule has 4 aliphatic rings. The van der Waals surface area contributed by atoms with E-state index < -0.39 is 0 Å². The monoisotopic (exact) mass is 346 g/mol. The van der Waals surface area contributed by atoms with Crippen LogP contribution in [0, 0.1) is 34.5 Å². The van der Waals surface area contributed by atoms with Crippen molar-refractivity contribution in [2.75, 3.05) is 0 Å². The zero-order valence-corrected chi connectivity index (χ0v) is 15.7. The predicted octanol–water partition coefficient (Wildman–Crippen LogP) is 3.71. The lowest BCUT2D eigenvalue weighted by Gasteiger charge is -2.59. The molecule has 138 valence electrons. The molecule has 4 fully saturated rings. The third-order valence-electron chi connectivity index (χ3n) is 8.46. The van der Waals surface area contributed by atoms with E-state index in [-0.39, 0.29) is 34.7 Å². The summed E-state index contributed by atoms with van der Waals surface area (Å²) < 4.78 is 5.46. The Labute approximate surface area is 150 Å². The topological polar surface area (TPSA) is 60.4 Å². The molecule has 0 aliphatic heterocycles. The zero-order valence-electron chi connectivity index (χ0n) is 15.7. The van der Waals surface area contributed by atoms with Gasteiger partial charge in [-0.05, 0) is 61.7 Å². The van der Waals surface area contributed by atoms with Crippen molar-refractivity contribution in [1.82, 2.24) is 0 Å². The summed E-state index contributed by atoms with van der Waals surface area (Å²) in [5.41, 5.74) is -0.100. The second-order valence-electron chi connectivity index (χ2n) is 9.54. The maximum Gasteiger partial charge on any atom is 0.302 e. The van der Waals surface area contributed by atoms with Crippen LogP contribution in [0.2, 0.25) is 0 Å². The predicted molar refractivity (Wildman–Crippen MR) is 92.7 cm³/mol. The minimum Gasteiger partial charge on any atom is -0.463 e. The highest BCUT2D eigenvalue weighted by Gasteiger charge is 2.62. The van der Waals surface area contributed by atoms with Crippen LogP contribution in [0.3, 0.4) is 0 Å². The summed E-state index contributed by atoms with van der Waals surface area (Å²) in [6.45, 7) is 5.95. The van der Waals surface area contributed by atoms with Crippen molar-refractivity contribution in [2.45, 2.75) is 78.2 Å². The molecule has 4 aliphatic carbocycles. The third kappa shape index (κ3) is 2.43. The number of fused-ring (bicyclic) bond motifs is 5. The minimum absolute atomic E-state index is 0.0261. The Hall–Kier alpha value is -1.19. The Kier molecular flexibility index (Phi) is 3.90. The van der Waals surface area contributed by atoms with Crippen LogP contribution in [0.25, 0.3) is 0 Å². The summed E-state index contributed by atoms with van der Waals surface area (Å²) in [7, 11) is 0. The first-order valence-electron chi connectivity index (χ1n) is 9.99. The van der Waals surface area contributed by atoms with E-state index in [1.165, 1.54) is 6.92 Å². The summed E-state index contributed by atoms with van der Waals surface area (Å²) >= 11 is 0. The molecule has 0 saturated heterocycles. The molecule has 7 atom stereocenters. The number of carbonyl (C=O) groups excluding carboxylic acids is 3. The van der Waals surface area contributed by atoms with Gasteiger partial charge >= 0.3 is 5.97 Å². The van der Waals surface area contributed by atoms with Crippen LogP contribution in [0.15, 0.2) is 0 Å². The van der Waals surface area contributed by atoms with Gasteiger partial charge in [-0.25, -0.2) is 0 Å². The molecule has 0 aromatic carbocycles. The van der Waals surface area contributed by atoms with Crippen molar-refractivity contribution >= 4 is 17.5 Å². The maximum absolute atomic E-state index is 13.1. The van der Waals surface area contributed by atoms with E-state index >= 15 is 0 Å². The molecule has 0 spiro atoms. The Morgan fingerprint density at radius 3 is 2.56 bits per heavy atom. The van der Waals surface area contributed by atoms with Crippen molar-refractivity contribution in [3.63, 3.8) is 0 Å². The molecule has 4 saturated carbocycles. The van der Waals surface area contributed by atoms with E-state index in [0.717, 1.165) is 38.5 Å². The van der Waals surface area contributed by atoms with E-state index in [2.05, 4.69) is 13.8 Å². The fourth-order valence-electron chi connectivity index (χ4n) is 7.01. The maximum atomic E-state index is 13.1. The summed E-state index contributed by atoms with van der Waals surface area (Å²) in [5.74, 6) is 1.61. The Morgan fingerprint density at radius 2 is 1.84 bits per heavy atom. The third-order valence-corrected chi connectivity index (χ3v) is 8.46. The molecule has 0 bridgehead atoms. The molecule has 0 N–H and O–H groups in total. The van der Waals surface area contributed by atoms with Gasteiger partial charge in [-0.1, -0.05) is 13.8 Å². The second-order valence-corrected chi connectivity index (χ2v) is 9.54. The highest BCUT2D eigenvalue weighted by Crippen LogP contribution is 2.64. The molecule has 0 aromatic heterocycles. The van der Waals surface area contributed by atoms with Gasteiger partial charge in [0.25, 0.3) is 0 Å². The lowest BCUT2D eigenvalue weighted by Crippen LogP contribution is -2.57. The smallest absolute Gasteiger partial charge is 0.302 e. The first kappa shape index (κ1) is 17.2.